The van der Waals surface area contributed by atoms with Crippen molar-refractivity contribution in [2.75, 3.05) is 13.1 Å². The van der Waals surface area contributed by atoms with Gasteiger partial charge in [0.25, 0.3) is 10.0 Å². The predicted octanol–water partition coefficient (Wildman–Crippen LogP) is 2.12. The number of hydrogen-bond acceptors (Lipinski definition) is 5. The summed E-state index contributed by atoms with van der Waals surface area (Å²) in [6.45, 7) is 6.52. The summed E-state index contributed by atoms with van der Waals surface area (Å²) in [5.74, 6) is 0.476. The molecule has 0 aliphatic carbocycles. The van der Waals surface area contributed by atoms with Gasteiger partial charge in [-0.25, -0.2) is 4.79 Å². The number of hydrogen-bond donors (Lipinski definition) is 1. The molecular formula is C17H23N3O4S. The third-order valence-corrected chi connectivity index (χ3v) is 5.47. The van der Waals surface area contributed by atoms with Crippen LogP contribution in [0.4, 0.5) is 4.79 Å². The molecule has 1 aromatic carbocycles. The summed E-state index contributed by atoms with van der Waals surface area (Å²) in [5, 5.41) is 2.77. The van der Waals surface area contributed by atoms with Gasteiger partial charge in [-0.1, -0.05) is 12.1 Å². The number of nitrogens with zero attached hydrogens (tertiary/aromatic N) is 2. The van der Waals surface area contributed by atoms with Crippen LogP contribution in [0.15, 0.2) is 33.6 Å². The zero-order valence-electron chi connectivity index (χ0n) is 14.7. The Balaban J connectivity index is 1.74. The molecule has 2 aliphatic rings. The van der Waals surface area contributed by atoms with Gasteiger partial charge in [-0.15, -0.1) is 4.40 Å². The molecule has 0 radical (unpaired) electrons. The van der Waals surface area contributed by atoms with Gasteiger partial charge in [0.05, 0.1) is 0 Å². The van der Waals surface area contributed by atoms with E-state index in [0.29, 0.717) is 24.5 Å². The van der Waals surface area contributed by atoms with Gasteiger partial charge >= 0.3 is 6.09 Å². The molecule has 1 unspecified atom stereocenters. The molecule has 8 heteroatoms. The molecular weight excluding hydrogens is 342 g/mol. The third kappa shape index (κ3) is 3.78. The van der Waals surface area contributed by atoms with Gasteiger partial charge < -0.3 is 15.0 Å². The Morgan fingerprint density at radius 1 is 1.36 bits per heavy atom. The van der Waals surface area contributed by atoms with Crippen LogP contribution in [0.3, 0.4) is 0 Å². The molecule has 1 aromatic rings. The van der Waals surface area contributed by atoms with Gasteiger partial charge in [0.2, 0.25) is 0 Å². The second-order valence-electron chi connectivity index (χ2n) is 7.26. The van der Waals surface area contributed by atoms with Gasteiger partial charge in [0.1, 0.15) is 10.5 Å². The zero-order chi connectivity index (χ0) is 18.2. The topological polar surface area (TPSA) is 88.1 Å². The average molecular weight is 365 g/mol. The monoisotopic (exact) mass is 365 g/mol. The number of ether oxygens (including phenoxy) is 1. The first-order valence-electron chi connectivity index (χ1n) is 8.35. The van der Waals surface area contributed by atoms with E-state index in [9.17, 15) is 13.2 Å². The Morgan fingerprint density at radius 2 is 2.08 bits per heavy atom. The van der Waals surface area contributed by atoms with Gasteiger partial charge in [0.15, 0.2) is 5.84 Å². The van der Waals surface area contributed by atoms with Crippen molar-refractivity contribution >= 4 is 22.0 Å². The number of rotatable bonds is 2. The van der Waals surface area contributed by atoms with E-state index in [1.165, 1.54) is 0 Å². The highest BCUT2D eigenvalue weighted by Gasteiger charge is 2.36. The van der Waals surface area contributed by atoms with E-state index in [0.717, 1.165) is 12.8 Å². The summed E-state index contributed by atoms with van der Waals surface area (Å²) < 4.78 is 33.7. The fourth-order valence-corrected chi connectivity index (χ4v) is 4.35. The maximum atomic E-state index is 12.2. The van der Waals surface area contributed by atoms with Gasteiger partial charge in [0, 0.05) is 24.7 Å². The van der Waals surface area contributed by atoms with Crippen LogP contribution in [-0.2, 0) is 14.8 Å². The maximum Gasteiger partial charge on any atom is 0.407 e. The fraction of sp³-hybridized carbons (Fsp3) is 0.529. The molecule has 2 aliphatic heterocycles. The summed E-state index contributed by atoms with van der Waals surface area (Å²) in [6, 6.07) is 6.84. The number of fused-ring (bicyclic) bond motifs is 1. The lowest BCUT2D eigenvalue weighted by Crippen LogP contribution is -2.44. The Kier molecular flexibility index (Phi) is 4.49. The number of amidine groups is 1. The van der Waals surface area contributed by atoms with Crippen LogP contribution in [0.5, 0.6) is 0 Å². The molecule has 25 heavy (non-hydrogen) atoms. The first-order chi connectivity index (χ1) is 11.7. The standard InChI is InChI=1S/C17H23N3O4S/c1-17(2,3)24-16(21)18-11-12-7-6-10-20(12)15-13-8-4-5-9-14(13)25(22,23)19-15/h4-5,8-9,12H,6-7,10-11H2,1-3H3,(H,18,21). The lowest BCUT2D eigenvalue weighted by Gasteiger charge is -2.27. The lowest BCUT2D eigenvalue weighted by atomic mass is 10.1. The Morgan fingerprint density at radius 3 is 2.80 bits per heavy atom. The fourth-order valence-electron chi connectivity index (χ4n) is 3.14. The first-order valence-corrected chi connectivity index (χ1v) is 9.79. The van der Waals surface area contributed by atoms with E-state index < -0.39 is 21.7 Å². The number of amides is 1. The number of sulfonamides is 1. The zero-order valence-corrected chi connectivity index (χ0v) is 15.5. The number of likely N-dealkylation sites (tertiary alicyclic amines) is 1. The van der Waals surface area contributed by atoms with Crippen molar-refractivity contribution < 1.29 is 17.9 Å². The van der Waals surface area contributed by atoms with Crippen molar-refractivity contribution in [3.05, 3.63) is 29.8 Å². The highest BCUT2D eigenvalue weighted by atomic mass is 32.2. The largest absolute Gasteiger partial charge is 0.444 e. The Bertz CT molecular complexity index is 811. The van der Waals surface area contributed by atoms with Crippen LogP contribution in [-0.4, -0.2) is 50.0 Å². The van der Waals surface area contributed by atoms with Crippen molar-refractivity contribution in [1.29, 1.82) is 0 Å². The normalized spacial score (nSPS) is 21.6. The Hall–Kier alpha value is -2.09. The summed E-state index contributed by atoms with van der Waals surface area (Å²) in [6.07, 6.45) is 1.31. The molecule has 0 saturated carbocycles. The van der Waals surface area contributed by atoms with Crippen LogP contribution in [0.2, 0.25) is 0 Å². The van der Waals surface area contributed by atoms with Crippen molar-refractivity contribution in [3.8, 4) is 0 Å². The summed E-state index contributed by atoms with van der Waals surface area (Å²) in [7, 11) is -3.64. The van der Waals surface area contributed by atoms with E-state index in [-0.39, 0.29) is 10.9 Å². The smallest absolute Gasteiger partial charge is 0.407 e. The second kappa shape index (κ2) is 6.33. The summed E-state index contributed by atoms with van der Waals surface area (Å²) in [5.41, 5.74) is 0.0776. The van der Waals surface area contributed by atoms with E-state index in [4.69, 9.17) is 4.74 Å². The van der Waals surface area contributed by atoms with E-state index in [1.807, 2.05) is 25.7 Å². The quantitative estimate of drug-likeness (QED) is 0.867. The van der Waals surface area contributed by atoms with Crippen LogP contribution in [0.25, 0.3) is 0 Å². The maximum absolute atomic E-state index is 12.2. The SMILES string of the molecule is CC(C)(C)OC(=O)NCC1CCCN1C1=NS(=O)(=O)c2ccccc21. The van der Waals surface area contributed by atoms with E-state index >= 15 is 0 Å². The number of alkyl carbamates (subject to hydrolysis) is 1. The molecule has 1 amide bonds. The molecule has 0 bridgehead atoms. The first kappa shape index (κ1) is 17.7. The number of benzene rings is 1. The van der Waals surface area contributed by atoms with Crippen LogP contribution in [0.1, 0.15) is 39.2 Å². The molecule has 3 rings (SSSR count). The van der Waals surface area contributed by atoms with E-state index in [2.05, 4.69) is 9.71 Å². The van der Waals surface area contributed by atoms with E-state index in [1.54, 1.807) is 24.3 Å². The highest BCUT2D eigenvalue weighted by molar-refractivity contribution is 7.90. The predicted molar refractivity (Wildman–Crippen MR) is 94.1 cm³/mol. The van der Waals surface area contributed by atoms with Crippen LogP contribution >= 0.6 is 0 Å². The Labute approximate surface area is 148 Å². The van der Waals surface area contributed by atoms with Crippen LogP contribution < -0.4 is 5.32 Å². The van der Waals surface area contributed by atoms with Gasteiger partial charge in [-0.2, -0.15) is 8.42 Å². The molecule has 0 spiro atoms. The third-order valence-electron chi connectivity index (χ3n) is 4.14. The molecule has 136 valence electrons. The molecule has 7 nitrogen and oxygen atoms in total. The molecule has 1 atom stereocenters. The van der Waals surface area contributed by atoms with Gasteiger partial charge in [-0.05, 0) is 45.7 Å². The van der Waals surface area contributed by atoms with Crippen molar-refractivity contribution in [1.82, 2.24) is 10.2 Å². The van der Waals surface area contributed by atoms with Crippen LogP contribution in [0, 0.1) is 0 Å². The minimum absolute atomic E-state index is 0.00683. The molecule has 0 aromatic heterocycles. The van der Waals surface area contributed by atoms with Crippen molar-refractivity contribution in [3.63, 3.8) is 0 Å². The molecule has 1 saturated heterocycles. The minimum Gasteiger partial charge on any atom is -0.444 e. The van der Waals surface area contributed by atoms with Crippen molar-refractivity contribution in [2.24, 2.45) is 4.40 Å². The number of carbonyl (C=O) groups excluding carboxylic acids is 1. The molecule has 1 fully saturated rings. The summed E-state index contributed by atoms with van der Waals surface area (Å²) >= 11 is 0. The molecule has 2 heterocycles. The van der Waals surface area contributed by atoms with Gasteiger partial charge in [-0.3, -0.25) is 0 Å². The number of nitrogens with one attached hydrogen (secondary N) is 1. The molecule has 1 N–H and O–H groups in total. The minimum atomic E-state index is -3.64. The summed E-state index contributed by atoms with van der Waals surface area (Å²) in [4.78, 5) is 14.1. The number of carbonyl (C=O) groups is 1. The second-order valence-corrected chi connectivity index (χ2v) is 8.83. The highest BCUT2D eigenvalue weighted by Crippen LogP contribution is 2.30. The lowest BCUT2D eigenvalue weighted by molar-refractivity contribution is 0.0518. The van der Waals surface area contributed by atoms with Crippen molar-refractivity contribution in [2.45, 2.75) is 50.2 Å². The average Bonchev–Trinajstić information content (AvgIpc) is 3.06.